The maximum absolute atomic E-state index is 6.75. The van der Waals surface area contributed by atoms with Crippen LogP contribution in [0.1, 0.15) is 11.1 Å². The Labute approximate surface area is 210 Å². The number of pyridine rings is 1. The molecule has 0 unspecified atom stereocenters. The first-order valence-corrected chi connectivity index (χ1v) is 12.5. The molecule has 0 spiro atoms. The first kappa shape index (κ1) is 21.0. The summed E-state index contributed by atoms with van der Waals surface area (Å²) in [5.74, 6) is 0. The molecule has 4 aromatic carbocycles. The third kappa shape index (κ3) is 3.16. The average molecular weight is 468 g/mol. The maximum atomic E-state index is 6.75. The smallest absolute Gasteiger partial charge is 0.216 e. The van der Waals surface area contributed by atoms with Crippen LogP contribution in [-0.4, -0.2) is 6.54 Å². The fourth-order valence-electron chi connectivity index (χ4n) is 5.73. The minimum Gasteiger partial charge on any atom is -0.454 e. The standard InChI is InChI=1S/C33H27N2O/c1-22-14-16-28-27-12-8-11-26(32(27)36-33(28)31(22)30-13-6-7-19-34(30)2)23-15-17-29-24(21-23)18-20-35(29)25-9-4-3-5-10-25/h3-17,19,21H,18,20H2,1-2H3/q+1. The van der Waals surface area contributed by atoms with E-state index in [1.54, 1.807) is 0 Å². The van der Waals surface area contributed by atoms with E-state index >= 15 is 0 Å². The number of benzene rings is 4. The van der Waals surface area contributed by atoms with Crippen LogP contribution in [0, 0.1) is 6.92 Å². The second kappa shape index (κ2) is 8.10. The molecule has 3 nitrogen and oxygen atoms in total. The SMILES string of the molecule is Cc1ccc2c(oc3c(-c4ccc5c(c4)CCN5c4ccccc4)cccc32)c1-c1cccc[n+]1C. The lowest BCUT2D eigenvalue weighted by Gasteiger charge is -2.19. The summed E-state index contributed by atoms with van der Waals surface area (Å²) in [6.45, 7) is 3.17. The summed E-state index contributed by atoms with van der Waals surface area (Å²) in [5.41, 5.74) is 11.7. The van der Waals surface area contributed by atoms with Gasteiger partial charge in [-0.1, -0.05) is 54.6 Å². The van der Waals surface area contributed by atoms with E-state index in [-0.39, 0.29) is 0 Å². The van der Waals surface area contributed by atoms with Gasteiger partial charge < -0.3 is 9.32 Å². The molecule has 3 heteroatoms. The highest BCUT2D eigenvalue weighted by Crippen LogP contribution is 2.42. The van der Waals surface area contributed by atoms with Crippen LogP contribution in [0.3, 0.4) is 0 Å². The molecule has 7 rings (SSSR count). The van der Waals surface area contributed by atoms with Gasteiger partial charge in [-0.2, -0.15) is 0 Å². The summed E-state index contributed by atoms with van der Waals surface area (Å²) in [7, 11) is 2.09. The summed E-state index contributed by atoms with van der Waals surface area (Å²) < 4.78 is 8.91. The van der Waals surface area contributed by atoms with Gasteiger partial charge in [-0.25, -0.2) is 4.57 Å². The molecule has 0 fully saturated rings. The number of anilines is 2. The molecular weight excluding hydrogens is 440 g/mol. The summed E-state index contributed by atoms with van der Waals surface area (Å²) in [4.78, 5) is 2.41. The van der Waals surface area contributed by atoms with Gasteiger partial charge in [0, 0.05) is 46.4 Å². The van der Waals surface area contributed by atoms with Crippen LogP contribution in [0.2, 0.25) is 0 Å². The van der Waals surface area contributed by atoms with Crippen molar-refractivity contribution in [3.05, 3.63) is 114 Å². The van der Waals surface area contributed by atoms with Gasteiger partial charge in [0.1, 0.15) is 18.2 Å². The first-order valence-electron chi connectivity index (χ1n) is 12.5. The summed E-state index contributed by atoms with van der Waals surface area (Å²) >= 11 is 0. The van der Waals surface area contributed by atoms with Gasteiger partial charge in [-0.15, -0.1) is 0 Å². The number of rotatable bonds is 3. The Bertz CT molecular complexity index is 1760. The van der Waals surface area contributed by atoms with Crippen LogP contribution in [0.4, 0.5) is 11.4 Å². The van der Waals surface area contributed by atoms with Gasteiger partial charge in [0.25, 0.3) is 0 Å². The lowest BCUT2D eigenvalue weighted by molar-refractivity contribution is -0.660. The van der Waals surface area contributed by atoms with E-state index in [0.717, 1.165) is 51.7 Å². The molecule has 0 radical (unpaired) electrons. The van der Waals surface area contributed by atoms with Crippen LogP contribution in [0.15, 0.2) is 108 Å². The highest BCUT2D eigenvalue weighted by molar-refractivity contribution is 6.13. The lowest BCUT2D eigenvalue weighted by atomic mass is 9.98. The minimum atomic E-state index is 0.954. The van der Waals surface area contributed by atoms with Gasteiger partial charge in [0.2, 0.25) is 5.69 Å². The van der Waals surface area contributed by atoms with Crippen LogP contribution in [0.25, 0.3) is 44.3 Å². The van der Waals surface area contributed by atoms with Gasteiger partial charge in [-0.3, -0.25) is 0 Å². The zero-order valence-corrected chi connectivity index (χ0v) is 20.5. The van der Waals surface area contributed by atoms with E-state index in [4.69, 9.17) is 4.42 Å². The fourth-order valence-corrected chi connectivity index (χ4v) is 5.73. The predicted octanol–water partition coefficient (Wildman–Crippen LogP) is 7.75. The summed E-state index contributed by atoms with van der Waals surface area (Å²) in [6, 6.07) is 34.8. The molecule has 0 bridgehead atoms. The van der Waals surface area contributed by atoms with Crippen LogP contribution in [-0.2, 0) is 13.5 Å². The predicted molar refractivity (Wildman–Crippen MR) is 148 cm³/mol. The molecule has 6 aromatic rings. The van der Waals surface area contributed by atoms with E-state index in [1.165, 1.54) is 28.1 Å². The normalized spacial score (nSPS) is 13.0. The Hall–Kier alpha value is -4.37. The Morgan fingerprint density at radius 1 is 0.778 bits per heavy atom. The number of aryl methyl sites for hydroxylation is 2. The molecule has 36 heavy (non-hydrogen) atoms. The Balaban J connectivity index is 1.40. The summed E-state index contributed by atoms with van der Waals surface area (Å²) in [6.07, 6.45) is 3.13. The fraction of sp³-hybridized carbons (Fsp3) is 0.121. The van der Waals surface area contributed by atoms with Crippen molar-refractivity contribution < 1.29 is 8.98 Å². The van der Waals surface area contributed by atoms with Crippen LogP contribution < -0.4 is 9.47 Å². The quantitative estimate of drug-likeness (QED) is 0.248. The van der Waals surface area contributed by atoms with Gasteiger partial charge in [0.05, 0.1) is 5.56 Å². The minimum absolute atomic E-state index is 0.954. The van der Waals surface area contributed by atoms with E-state index in [0.29, 0.717) is 0 Å². The molecule has 1 aliphatic rings. The van der Waals surface area contributed by atoms with Crippen molar-refractivity contribution in [1.82, 2.24) is 0 Å². The number of fused-ring (bicyclic) bond motifs is 4. The summed E-state index contributed by atoms with van der Waals surface area (Å²) in [5, 5.41) is 2.32. The highest BCUT2D eigenvalue weighted by Gasteiger charge is 2.23. The zero-order chi connectivity index (χ0) is 24.2. The van der Waals surface area contributed by atoms with Crippen molar-refractivity contribution in [3.8, 4) is 22.4 Å². The van der Waals surface area contributed by atoms with Crippen molar-refractivity contribution in [2.45, 2.75) is 13.3 Å². The first-order chi connectivity index (χ1) is 17.7. The van der Waals surface area contributed by atoms with Crippen LogP contribution in [0.5, 0.6) is 0 Å². The third-order valence-corrected chi connectivity index (χ3v) is 7.54. The Morgan fingerprint density at radius 3 is 2.47 bits per heavy atom. The third-order valence-electron chi connectivity index (χ3n) is 7.54. The van der Waals surface area contributed by atoms with E-state index in [1.807, 2.05) is 0 Å². The number of furan rings is 1. The second-order valence-corrected chi connectivity index (χ2v) is 9.70. The lowest BCUT2D eigenvalue weighted by Crippen LogP contribution is -2.30. The van der Waals surface area contributed by atoms with E-state index < -0.39 is 0 Å². The molecule has 0 N–H and O–H groups in total. The van der Waals surface area contributed by atoms with Crippen LogP contribution >= 0.6 is 0 Å². The maximum Gasteiger partial charge on any atom is 0.216 e. The molecule has 0 saturated heterocycles. The molecule has 3 heterocycles. The molecule has 0 atom stereocenters. The molecule has 0 amide bonds. The van der Waals surface area contributed by atoms with Crippen molar-refractivity contribution in [2.24, 2.45) is 7.05 Å². The van der Waals surface area contributed by atoms with Crippen molar-refractivity contribution in [3.63, 3.8) is 0 Å². The van der Waals surface area contributed by atoms with E-state index in [2.05, 4.69) is 127 Å². The Kier molecular flexibility index (Phi) is 4.71. The molecule has 2 aromatic heterocycles. The number of aromatic nitrogens is 1. The van der Waals surface area contributed by atoms with Gasteiger partial charge in [-0.05, 0) is 60.4 Å². The van der Waals surface area contributed by atoms with Gasteiger partial charge in [0.15, 0.2) is 6.20 Å². The monoisotopic (exact) mass is 467 g/mol. The molecular formula is C33H27N2O+. The number of hydrogen-bond donors (Lipinski definition) is 0. The number of para-hydroxylation sites is 2. The number of nitrogens with zero attached hydrogens (tertiary/aromatic N) is 2. The Morgan fingerprint density at radius 2 is 1.61 bits per heavy atom. The molecule has 1 aliphatic heterocycles. The van der Waals surface area contributed by atoms with Crippen molar-refractivity contribution in [2.75, 3.05) is 11.4 Å². The second-order valence-electron chi connectivity index (χ2n) is 9.70. The van der Waals surface area contributed by atoms with Gasteiger partial charge >= 0.3 is 0 Å². The van der Waals surface area contributed by atoms with Crippen molar-refractivity contribution >= 4 is 33.3 Å². The molecule has 174 valence electrons. The zero-order valence-electron chi connectivity index (χ0n) is 20.5. The topological polar surface area (TPSA) is 20.3 Å². The average Bonchev–Trinajstić information content (AvgIpc) is 3.51. The molecule has 0 saturated carbocycles. The highest BCUT2D eigenvalue weighted by atomic mass is 16.3. The largest absolute Gasteiger partial charge is 0.454 e. The number of hydrogen-bond acceptors (Lipinski definition) is 2. The van der Waals surface area contributed by atoms with E-state index in [9.17, 15) is 0 Å². The molecule has 0 aliphatic carbocycles. The van der Waals surface area contributed by atoms with Crippen molar-refractivity contribution in [1.29, 1.82) is 0 Å².